The molecule has 0 amide bonds. The number of aromatic nitrogens is 2. The lowest BCUT2D eigenvalue weighted by atomic mass is 10.5. The van der Waals surface area contributed by atoms with Crippen LogP contribution in [0.25, 0.3) is 0 Å². The highest BCUT2D eigenvalue weighted by molar-refractivity contribution is 4.97. The normalized spacial score (nSPS) is 12.0. The summed E-state index contributed by atoms with van der Waals surface area (Å²) >= 11 is 0. The van der Waals surface area contributed by atoms with E-state index in [9.17, 15) is 13.2 Å². The minimum absolute atomic E-state index is 0.0208. The van der Waals surface area contributed by atoms with Crippen molar-refractivity contribution in [2.75, 3.05) is 0 Å². The first kappa shape index (κ1) is 7.11. The molecule has 0 aliphatic heterocycles. The van der Waals surface area contributed by atoms with Gasteiger partial charge in [0.1, 0.15) is 0 Å². The van der Waals surface area contributed by atoms with Crippen LogP contribution >= 0.6 is 0 Å². The molecule has 1 aromatic rings. The molecule has 0 fully saturated rings. The van der Waals surface area contributed by atoms with Gasteiger partial charge in [0.25, 0.3) is 0 Å². The van der Waals surface area contributed by atoms with Gasteiger partial charge in [-0.2, -0.15) is 9.78 Å². The van der Waals surface area contributed by atoms with Crippen molar-refractivity contribution >= 4 is 0 Å². The van der Waals surface area contributed by atoms with Crippen LogP contribution in [0.3, 0.4) is 0 Å². The molecule has 1 aromatic heterocycles. The van der Waals surface area contributed by atoms with Crippen LogP contribution in [0.15, 0.2) is 12.3 Å². The van der Waals surface area contributed by atoms with Gasteiger partial charge < -0.3 is 0 Å². The fraction of sp³-hybridized carbons (Fsp3) is 0.400. The summed E-state index contributed by atoms with van der Waals surface area (Å²) in [6.45, 7) is 1.35. The van der Waals surface area contributed by atoms with Crippen LogP contribution in [0.4, 0.5) is 13.2 Å². The van der Waals surface area contributed by atoms with Gasteiger partial charge in [0.2, 0.25) is 0 Å². The van der Waals surface area contributed by atoms with E-state index in [1.165, 1.54) is 13.0 Å². The lowest BCUT2D eigenvalue weighted by molar-refractivity contribution is -0.213. The third-order valence-corrected chi connectivity index (χ3v) is 1.07. The van der Waals surface area contributed by atoms with E-state index in [2.05, 4.69) is 5.10 Å². The summed E-state index contributed by atoms with van der Waals surface area (Å²) in [5, 5.41) is 3.08. The van der Waals surface area contributed by atoms with Crippen LogP contribution in [0, 0.1) is 6.92 Å². The monoisotopic (exact) mass is 150 g/mol. The molecule has 0 bridgehead atoms. The second-order valence-electron chi connectivity index (χ2n) is 1.85. The Bertz CT molecular complexity index is 225. The van der Waals surface area contributed by atoms with E-state index in [1.807, 2.05) is 0 Å². The van der Waals surface area contributed by atoms with Crippen molar-refractivity contribution in [2.45, 2.75) is 13.2 Å². The first-order chi connectivity index (χ1) is 4.52. The third kappa shape index (κ3) is 1.12. The molecular formula is C5H5F3N2. The summed E-state index contributed by atoms with van der Waals surface area (Å²) in [7, 11) is 0. The number of alkyl halides is 3. The maximum absolute atomic E-state index is 11.8. The molecule has 0 saturated carbocycles. The summed E-state index contributed by atoms with van der Waals surface area (Å²) in [5.74, 6) is 0. The minimum atomic E-state index is -4.38. The number of halogens is 3. The van der Waals surface area contributed by atoms with E-state index < -0.39 is 6.30 Å². The Morgan fingerprint density at radius 3 is 2.30 bits per heavy atom. The third-order valence-electron chi connectivity index (χ3n) is 1.07. The Hall–Kier alpha value is -1.00. The fourth-order valence-corrected chi connectivity index (χ4v) is 0.635. The quantitative estimate of drug-likeness (QED) is 0.550. The van der Waals surface area contributed by atoms with Crippen LogP contribution in [0.5, 0.6) is 0 Å². The van der Waals surface area contributed by atoms with Crippen LogP contribution in [0.2, 0.25) is 0 Å². The molecule has 0 aliphatic rings. The number of rotatable bonds is 0. The fourth-order valence-electron chi connectivity index (χ4n) is 0.635. The van der Waals surface area contributed by atoms with Crippen molar-refractivity contribution in [3.05, 3.63) is 18.0 Å². The molecule has 10 heavy (non-hydrogen) atoms. The minimum Gasteiger partial charge on any atom is -0.176 e. The molecule has 1 rings (SSSR count). The van der Waals surface area contributed by atoms with Crippen LogP contribution in [-0.4, -0.2) is 9.78 Å². The maximum Gasteiger partial charge on any atom is 0.504 e. The van der Waals surface area contributed by atoms with Crippen LogP contribution < -0.4 is 0 Å². The van der Waals surface area contributed by atoms with Gasteiger partial charge in [-0.25, -0.2) is 0 Å². The van der Waals surface area contributed by atoms with Gasteiger partial charge in [-0.1, -0.05) is 0 Å². The smallest absolute Gasteiger partial charge is 0.176 e. The van der Waals surface area contributed by atoms with E-state index >= 15 is 0 Å². The van der Waals surface area contributed by atoms with E-state index in [-0.39, 0.29) is 10.4 Å². The molecule has 56 valence electrons. The van der Waals surface area contributed by atoms with Crippen molar-refractivity contribution in [1.29, 1.82) is 0 Å². The van der Waals surface area contributed by atoms with Crippen LogP contribution in [-0.2, 0) is 6.30 Å². The molecule has 5 heteroatoms. The highest BCUT2D eigenvalue weighted by Crippen LogP contribution is 2.21. The summed E-state index contributed by atoms with van der Waals surface area (Å²) < 4.78 is 35.4. The molecule has 1 heterocycles. The average molecular weight is 150 g/mol. The number of hydrogen-bond acceptors (Lipinski definition) is 1. The van der Waals surface area contributed by atoms with Gasteiger partial charge in [-0.05, 0) is 13.0 Å². The van der Waals surface area contributed by atoms with Crippen molar-refractivity contribution in [3.8, 4) is 0 Å². The SMILES string of the molecule is Cc1ccnn1C(F)(F)F. The summed E-state index contributed by atoms with van der Waals surface area (Å²) in [4.78, 5) is 0. The van der Waals surface area contributed by atoms with E-state index in [0.29, 0.717) is 0 Å². The first-order valence-electron chi connectivity index (χ1n) is 2.59. The van der Waals surface area contributed by atoms with Crippen molar-refractivity contribution < 1.29 is 13.2 Å². The number of nitrogens with zero attached hydrogens (tertiary/aromatic N) is 2. The van der Waals surface area contributed by atoms with Crippen LogP contribution in [0.1, 0.15) is 5.69 Å². The maximum atomic E-state index is 11.8. The second kappa shape index (κ2) is 2.00. The standard InChI is InChI=1S/C5H5F3N2/c1-4-2-3-9-10(4)5(6,7)8/h2-3H,1H3. The molecule has 0 radical (unpaired) electrons. The highest BCUT2D eigenvalue weighted by Gasteiger charge is 2.32. The van der Waals surface area contributed by atoms with E-state index in [0.717, 1.165) is 6.20 Å². The van der Waals surface area contributed by atoms with Gasteiger partial charge >= 0.3 is 6.30 Å². The van der Waals surface area contributed by atoms with Crippen molar-refractivity contribution in [1.82, 2.24) is 9.78 Å². The zero-order chi connectivity index (χ0) is 7.78. The van der Waals surface area contributed by atoms with E-state index in [4.69, 9.17) is 0 Å². The highest BCUT2D eigenvalue weighted by atomic mass is 19.4. The Kier molecular flexibility index (Phi) is 1.42. The Balaban J connectivity index is 3.05. The molecule has 0 N–H and O–H groups in total. The summed E-state index contributed by atoms with van der Waals surface area (Å²) in [6, 6.07) is 1.30. The number of aryl methyl sites for hydroxylation is 1. The lowest BCUT2D eigenvalue weighted by Gasteiger charge is -2.06. The van der Waals surface area contributed by atoms with Crippen molar-refractivity contribution in [3.63, 3.8) is 0 Å². The average Bonchev–Trinajstić information content (AvgIpc) is 2.11. The van der Waals surface area contributed by atoms with Gasteiger partial charge in [-0.3, -0.25) is 0 Å². The van der Waals surface area contributed by atoms with Gasteiger partial charge in [-0.15, -0.1) is 13.2 Å². The molecule has 0 unspecified atom stereocenters. The van der Waals surface area contributed by atoms with E-state index in [1.54, 1.807) is 0 Å². The molecule has 0 atom stereocenters. The van der Waals surface area contributed by atoms with Gasteiger partial charge in [0.05, 0.1) is 0 Å². The molecule has 0 spiro atoms. The predicted octanol–water partition coefficient (Wildman–Crippen LogP) is 1.67. The second-order valence-corrected chi connectivity index (χ2v) is 1.85. The zero-order valence-electron chi connectivity index (χ0n) is 5.18. The predicted molar refractivity (Wildman–Crippen MR) is 28.3 cm³/mol. The number of hydrogen-bond donors (Lipinski definition) is 0. The lowest BCUT2D eigenvalue weighted by Crippen LogP contribution is -2.19. The summed E-state index contributed by atoms with van der Waals surface area (Å²) in [6.07, 6.45) is -3.27. The van der Waals surface area contributed by atoms with Gasteiger partial charge in [0.15, 0.2) is 0 Å². The Morgan fingerprint density at radius 1 is 1.50 bits per heavy atom. The molecular weight excluding hydrogens is 145 g/mol. The largest absolute Gasteiger partial charge is 0.504 e. The summed E-state index contributed by atoms with van der Waals surface area (Å²) in [5.41, 5.74) is 0.0903. The first-order valence-corrected chi connectivity index (χ1v) is 2.59. The molecule has 2 nitrogen and oxygen atoms in total. The zero-order valence-corrected chi connectivity index (χ0v) is 5.18. The van der Waals surface area contributed by atoms with Gasteiger partial charge in [0, 0.05) is 11.9 Å². The molecule has 0 saturated heterocycles. The molecule has 0 aromatic carbocycles. The topological polar surface area (TPSA) is 17.8 Å². The molecule has 0 aliphatic carbocycles. The van der Waals surface area contributed by atoms with Crippen molar-refractivity contribution in [2.24, 2.45) is 0 Å². The Morgan fingerprint density at radius 2 is 2.10 bits per heavy atom. The Labute approximate surface area is 55.3 Å².